The average molecular weight is 506 g/mol. The van der Waals surface area contributed by atoms with Gasteiger partial charge in [-0.1, -0.05) is 17.8 Å². The first-order valence-corrected chi connectivity index (χ1v) is 13.6. The standard InChI is InChI=1S/C23H31N5O4S2/c1-16(14-31-4)24-23-26-25-22(15-33-23)21-12-17(2)28(18(21)3)19-6-5-7-20(13-19)34(29,30)27-8-10-32-11-9-27/h5-7,12-13,16H,8-11,14-15H2,1-4H3,(H,24,26). The van der Waals surface area contributed by atoms with Crippen LogP contribution >= 0.6 is 11.8 Å². The van der Waals surface area contributed by atoms with Gasteiger partial charge < -0.3 is 14.0 Å². The van der Waals surface area contributed by atoms with Crippen LogP contribution in [0.4, 0.5) is 0 Å². The number of aryl methyl sites for hydroxylation is 1. The Balaban J connectivity index is 1.60. The quantitative estimate of drug-likeness (QED) is 0.621. The summed E-state index contributed by atoms with van der Waals surface area (Å²) in [5.74, 6) is 0.696. The third-order valence-corrected chi connectivity index (χ3v) is 8.59. The van der Waals surface area contributed by atoms with Crippen LogP contribution in [0.1, 0.15) is 23.9 Å². The van der Waals surface area contributed by atoms with Gasteiger partial charge in [-0.25, -0.2) is 8.42 Å². The summed E-state index contributed by atoms with van der Waals surface area (Å²) in [7, 11) is -1.91. The minimum atomic E-state index is -3.57. The Kier molecular flexibility index (Phi) is 7.78. The van der Waals surface area contributed by atoms with Crippen molar-refractivity contribution in [1.29, 1.82) is 0 Å². The van der Waals surface area contributed by atoms with Gasteiger partial charge in [0, 0.05) is 48.6 Å². The largest absolute Gasteiger partial charge is 0.382 e. The van der Waals surface area contributed by atoms with Crippen molar-refractivity contribution >= 4 is 32.7 Å². The van der Waals surface area contributed by atoms with Crippen molar-refractivity contribution in [2.45, 2.75) is 31.7 Å². The molecule has 1 saturated heterocycles. The van der Waals surface area contributed by atoms with Crippen LogP contribution in [0.3, 0.4) is 0 Å². The summed E-state index contributed by atoms with van der Waals surface area (Å²) < 4.78 is 40.3. The zero-order chi connectivity index (χ0) is 24.3. The highest BCUT2D eigenvalue weighted by atomic mass is 32.2. The van der Waals surface area contributed by atoms with Crippen molar-refractivity contribution in [2.75, 3.05) is 45.8 Å². The normalized spacial score (nSPS) is 19.6. The average Bonchev–Trinajstić information content (AvgIpc) is 3.14. The summed E-state index contributed by atoms with van der Waals surface area (Å²) in [6, 6.07) is 9.27. The Hall–Kier alpha value is -2.18. The molecule has 0 bridgehead atoms. The maximum Gasteiger partial charge on any atom is 0.243 e. The molecule has 1 aromatic heterocycles. The molecule has 2 aliphatic rings. The van der Waals surface area contributed by atoms with Gasteiger partial charge in [0.25, 0.3) is 0 Å². The van der Waals surface area contributed by atoms with Crippen LogP contribution in [0.15, 0.2) is 45.3 Å². The van der Waals surface area contributed by atoms with Crippen molar-refractivity contribution in [1.82, 2.24) is 14.3 Å². The molecular formula is C23H31N5O4S2. The summed E-state index contributed by atoms with van der Waals surface area (Å²) in [5, 5.41) is 5.35. The van der Waals surface area contributed by atoms with Crippen LogP contribution in [0.2, 0.25) is 0 Å². The number of ether oxygens (including phenoxy) is 2. The minimum Gasteiger partial charge on any atom is -0.382 e. The van der Waals surface area contributed by atoms with Crippen LogP contribution in [0, 0.1) is 13.8 Å². The molecule has 2 aromatic rings. The SMILES string of the molecule is COCC(C)N=C1NN=C(c2cc(C)n(-c3cccc(S(=O)(=O)N4CCOCC4)c3)c2C)CS1. The molecule has 11 heteroatoms. The molecule has 3 heterocycles. The van der Waals surface area contributed by atoms with Crippen LogP contribution < -0.4 is 5.43 Å². The number of rotatable bonds is 7. The Bertz CT molecular complexity index is 1200. The second-order valence-electron chi connectivity index (χ2n) is 8.33. The number of sulfonamides is 1. The van der Waals surface area contributed by atoms with Crippen LogP contribution in [0.5, 0.6) is 0 Å². The van der Waals surface area contributed by atoms with Gasteiger partial charge in [-0.05, 0) is 45.0 Å². The van der Waals surface area contributed by atoms with Crippen molar-refractivity contribution < 1.29 is 17.9 Å². The number of amidine groups is 1. The third kappa shape index (κ3) is 5.23. The number of methoxy groups -OCH3 is 1. The Labute approximate surface area is 205 Å². The highest BCUT2D eigenvalue weighted by Crippen LogP contribution is 2.26. The minimum absolute atomic E-state index is 0.0582. The molecule has 0 aliphatic carbocycles. The number of benzene rings is 1. The molecule has 0 radical (unpaired) electrons. The lowest BCUT2D eigenvalue weighted by atomic mass is 10.1. The zero-order valence-corrected chi connectivity index (χ0v) is 21.6. The van der Waals surface area contributed by atoms with Crippen LogP contribution in [0.25, 0.3) is 5.69 Å². The lowest BCUT2D eigenvalue weighted by Crippen LogP contribution is -2.40. The second-order valence-corrected chi connectivity index (χ2v) is 11.2. The Morgan fingerprint density at radius 1 is 1.26 bits per heavy atom. The van der Waals surface area contributed by atoms with E-state index in [9.17, 15) is 8.42 Å². The van der Waals surface area contributed by atoms with E-state index in [0.717, 1.165) is 33.5 Å². The van der Waals surface area contributed by atoms with Crippen molar-refractivity contribution in [3.8, 4) is 5.69 Å². The van der Waals surface area contributed by atoms with Gasteiger partial charge in [0.2, 0.25) is 10.0 Å². The predicted molar refractivity (Wildman–Crippen MR) is 136 cm³/mol. The molecule has 0 amide bonds. The summed E-state index contributed by atoms with van der Waals surface area (Å²) in [4.78, 5) is 4.87. The monoisotopic (exact) mass is 505 g/mol. The van der Waals surface area contributed by atoms with E-state index in [-0.39, 0.29) is 6.04 Å². The van der Waals surface area contributed by atoms with Gasteiger partial charge in [0.15, 0.2) is 5.17 Å². The third-order valence-electron chi connectivity index (χ3n) is 5.80. The molecule has 4 rings (SSSR count). The molecule has 1 unspecified atom stereocenters. The van der Waals surface area contributed by atoms with Gasteiger partial charge in [-0.15, -0.1) is 0 Å². The lowest BCUT2D eigenvalue weighted by Gasteiger charge is -2.26. The second kappa shape index (κ2) is 10.6. The van der Waals surface area contributed by atoms with Crippen molar-refractivity contribution in [3.63, 3.8) is 0 Å². The maximum atomic E-state index is 13.2. The molecule has 1 N–H and O–H groups in total. The fraction of sp³-hybridized carbons (Fsp3) is 0.478. The molecule has 0 saturated carbocycles. The first-order chi connectivity index (χ1) is 16.3. The summed E-state index contributed by atoms with van der Waals surface area (Å²) >= 11 is 1.61. The van der Waals surface area contributed by atoms with E-state index in [0.29, 0.717) is 43.6 Å². The first-order valence-electron chi connectivity index (χ1n) is 11.2. The molecule has 9 nitrogen and oxygen atoms in total. The summed E-state index contributed by atoms with van der Waals surface area (Å²) in [6.45, 7) is 8.19. The molecule has 1 atom stereocenters. The molecule has 1 fully saturated rings. The number of aliphatic imine (C=N–C) groups is 1. The van der Waals surface area contributed by atoms with Gasteiger partial charge >= 0.3 is 0 Å². The molecule has 1 aromatic carbocycles. The van der Waals surface area contributed by atoms with E-state index >= 15 is 0 Å². The van der Waals surface area contributed by atoms with E-state index in [1.165, 1.54) is 4.31 Å². The topological polar surface area (TPSA) is 97.5 Å². The van der Waals surface area contributed by atoms with E-state index in [2.05, 4.69) is 26.2 Å². The fourth-order valence-corrected chi connectivity index (χ4v) is 6.48. The van der Waals surface area contributed by atoms with Gasteiger partial charge in [-0.2, -0.15) is 9.41 Å². The Morgan fingerprint density at radius 2 is 2.03 bits per heavy atom. The first kappa shape index (κ1) is 24.9. The van der Waals surface area contributed by atoms with Crippen molar-refractivity contribution in [3.05, 3.63) is 47.3 Å². The number of hydrazone groups is 1. The highest BCUT2D eigenvalue weighted by molar-refractivity contribution is 8.14. The number of nitrogens with zero attached hydrogens (tertiary/aromatic N) is 4. The summed E-state index contributed by atoms with van der Waals surface area (Å²) in [5.41, 5.74) is 7.84. The van der Waals surface area contributed by atoms with E-state index in [1.807, 2.05) is 26.8 Å². The highest BCUT2D eigenvalue weighted by Gasteiger charge is 2.27. The van der Waals surface area contributed by atoms with Gasteiger partial charge in [-0.3, -0.25) is 10.4 Å². The van der Waals surface area contributed by atoms with Crippen LogP contribution in [-0.2, 0) is 19.5 Å². The number of thioether (sulfide) groups is 1. The van der Waals surface area contributed by atoms with Crippen molar-refractivity contribution in [2.24, 2.45) is 10.1 Å². The number of morpholine rings is 1. The zero-order valence-electron chi connectivity index (χ0n) is 19.9. The van der Waals surface area contributed by atoms with E-state index in [1.54, 1.807) is 37.1 Å². The van der Waals surface area contributed by atoms with E-state index < -0.39 is 10.0 Å². The number of aromatic nitrogens is 1. The van der Waals surface area contributed by atoms with E-state index in [4.69, 9.17) is 9.47 Å². The maximum absolute atomic E-state index is 13.2. The molecule has 34 heavy (non-hydrogen) atoms. The fourth-order valence-electron chi connectivity index (χ4n) is 4.17. The lowest BCUT2D eigenvalue weighted by molar-refractivity contribution is 0.0730. The molecule has 0 spiro atoms. The van der Waals surface area contributed by atoms with Gasteiger partial charge in [0.05, 0.1) is 36.5 Å². The van der Waals surface area contributed by atoms with Crippen LogP contribution in [-0.4, -0.2) is 80.0 Å². The molecular weight excluding hydrogens is 474 g/mol. The number of hydrogen-bond donors (Lipinski definition) is 1. The number of nitrogens with one attached hydrogen (secondary N) is 1. The number of hydrogen-bond acceptors (Lipinski definition) is 7. The Morgan fingerprint density at radius 3 is 2.71 bits per heavy atom. The molecule has 184 valence electrons. The smallest absolute Gasteiger partial charge is 0.243 e. The summed E-state index contributed by atoms with van der Waals surface area (Å²) in [6.07, 6.45) is 0. The predicted octanol–water partition coefficient (Wildman–Crippen LogP) is 2.55. The molecule has 2 aliphatic heterocycles. The van der Waals surface area contributed by atoms with Gasteiger partial charge in [0.1, 0.15) is 0 Å².